The maximum Gasteiger partial charge on any atom is 0.232 e. The number of ether oxygens (including phenoxy) is 2. The van der Waals surface area contributed by atoms with Crippen LogP contribution in [0.15, 0.2) is 78.0 Å². The maximum absolute atomic E-state index is 13.9. The van der Waals surface area contributed by atoms with E-state index in [4.69, 9.17) is 9.47 Å². The summed E-state index contributed by atoms with van der Waals surface area (Å²) in [5, 5.41) is 0. The molecule has 3 aromatic carbocycles. The van der Waals surface area contributed by atoms with Gasteiger partial charge in [-0.15, -0.1) is 0 Å². The quantitative estimate of drug-likeness (QED) is 0.433. The number of carbonyl (C=O) groups is 2. The average Bonchev–Trinajstić information content (AvgIpc) is 2.87. The van der Waals surface area contributed by atoms with Crippen molar-refractivity contribution in [2.75, 3.05) is 19.1 Å². The number of rotatable bonds is 5. The number of benzene rings is 3. The van der Waals surface area contributed by atoms with Crippen LogP contribution in [0.1, 0.15) is 53.4 Å². The first-order chi connectivity index (χ1) is 17.4. The van der Waals surface area contributed by atoms with Crippen molar-refractivity contribution in [3.8, 4) is 11.5 Å². The molecule has 36 heavy (non-hydrogen) atoms. The zero-order chi connectivity index (χ0) is 25.4. The topological polar surface area (TPSA) is 55.8 Å². The molecule has 1 heterocycles. The minimum Gasteiger partial charge on any atom is -0.497 e. The number of hydrogen-bond acceptors (Lipinski definition) is 4. The molecule has 2 aliphatic rings. The number of carbonyl (C=O) groups excluding carboxylic acids is 2. The summed E-state index contributed by atoms with van der Waals surface area (Å²) in [5.74, 6) is 1.03. The van der Waals surface area contributed by atoms with E-state index < -0.39 is 0 Å². The van der Waals surface area contributed by atoms with E-state index in [-0.39, 0.29) is 29.9 Å². The highest BCUT2D eigenvalue weighted by molar-refractivity contribution is 6.08. The Bertz CT molecular complexity index is 1340. The lowest BCUT2D eigenvalue weighted by molar-refractivity contribution is -0.120. The molecule has 5 nitrogen and oxygen atoms in total. The summed E-state index contributed by atoms with van der Waals surface area (Å²) in [6.45, 7) is 4.06. The van der Waals surface area contributed by atoms with Crippen LogP contribution in [0.4, 0.5) is 5.69 Å². The van der Waals surface area contributed by atoms with Gasteiger partial charge in [-0.25, -0.2) is 0 Å². The van der Waals surface area contributed by atoms with E-state index >= 15 is 0 Å². The third-order valence-electron chi connectivity index (χ3n) is 7.28. The lowest BCUT2D eigenvalue weighted by Gasteiger charge is -2.41. The highest BCUT2D eigenvalue weighted by Crippen LogP contribution is 2.49. The Hall–Kier alpha value is -3.86. The van der Waals surface area contributed by atoms with Crippen LogP contribution < -0.4 is 14.4 Å². The van der Waals surface area contributed by atoms with Gasteiger partial charge in [0, 0.05) is 47.3 Å². The van der Waals surface area contributed by atoms with Crippen LogP contribution in [0.3, 0.4) is 0 Å². The Morgan fingerprint density at radius 2 is 1.53 bits per heavy atom. The van der Waals surface area contributed by atoms with Crippen LogP contribution in [0, 0.1) is 13.8 Å². The second-order valence-corrected chi connectivity index (χ2v) is 9.74. The van der Waals surface area contributed by atoms with Gasteiger partial charge in [0.1, 0.15) is 11.5 Å². The molecular weight excluding hydrogens is 450 g/mol. The number of allylic oxidation sites excluding steroid dienone is 2. The van der Waals surface area contributed by atoms with Crippen LogP contribution in [0.5, 0.6) is 11.5 Å². The van der Waals surface area contributed by atoms with Crippen LogP contribution in [0.25, 0.3) is 0 Å². The first-order valence-corrected chi connectivity index (χ1v) is 12.3. The molecule has 0 fully saturated rings. The molecule has 2 atom stereocenters. The van der Waals surface area contributed by atoms with Gasteiger partial charge >= 0.3 is 0 Å². The van der Waals surface area contributed by atoms with Crippen LogP contribution in [-0.2, 0) is 9.59 Å². The first-order valence-electron chi connectivity index (χ1n) is 12.3. The smallest absolute Gasteiger partial charge is 0.232 e. The van der Waals surface area contributed by atoms with Gasteiger partial charge in [0.25, 0.3) is 0 Å². The van der Waals surface area contributed by atoms with E-state index in [1.165, 1.54) is 0 Å². The lowest BCUT2D eigenvalue weighted by Crippen LogP contribution is -2.42. The molecule has 0 saturated heterocycles. The van der Waals surface area contributed by atoms with Gasteiger partial charge in [0.15, 0.2) is 5.78 Å². The molecule has 1 amide bonds. The standard InChI is InChI=1S/C31H31NO4/c1-19-12-20(2)14-23(13-19)32-27-15-22(21-8-6-5-7-9-21)16-28(33)31(27)26(18-30(32)34)25-11-10-24(35-3)17-29(25)36-4/h5-14,17,22,26H,15-16,18H2,1-4H3. The normalized spacial score (nSPS) is 19.8. The fourth-order valence-electron chi connectivity index (χ4n) is 5.75. The summed E-state index contributed by atoms with van der Waals surface area (Å²) in [7, 11) is 3.21. The second-order valence-electron chi connectivity index (χ2n) is 9.74. The van der Waals surface area contributed by atoms with Gasteiger partial charge in [-0.1, -0.05) is 42.5 Å². The zero-order valence-corrected chi connectivity index (χ0v) is 21.2. The summed E-state index contributed by atoms with van der Waals surface area (Å²) < 4.78 is 11.1. The van der Waals surface area contributed by atoms with E-state index in [0.29, 0.717) is 24.3 Å². The number of aryl methyl sites for hydroxylation is 2. The molecule has 1 aliphatic heterocycles. The Morgan fingerprint density at radius 1 is 0.806 bits per heavy atom. The third-order valence-corrected chi connectivity index (χ3v) is 7.28. The van der Waals surface area contributed by atoms with Crippen molar-refractivity contribution in [2.24, 2.45) is 0 Å². The van der Waals surface area contributed by atoms with E-state index in [1.807, 2.05) is 62.4 Å². The first kappa shape index (κ1) is 23.9. The Kier molecular flexibility index (Phi) is 6.40. The molecule has 5 rings (SSSR count). The molecule has 0 saturated carbocycles. The van der Waals surface area contributed by atoms with E-state index in [0.717, 1.165) is 39.2 Å². The molecule has 1 aliphatic carbocycles. The molecule has 184 valence electrons. The Balaban J connectivity index is 1.69. The van der Waals surface area contributed by atoms with Gasteiger partial charge in [0.05, 0.1) is 14.2 Å². The van der Waals surface area contributed by atoms with Gasteiger partial charge in [-0.05, 0) is 61.1 Å². The van der Waals surface area contributed by atoms with Crippen molar-refractivity contribution in [1.29, 1.82) is 0 Å². The van der Waals surface area contributed by atoms with Gasteiger partial charge in [0.2, 0.25) is 5.91 Å². The minimum absolute atomic E-state index is 0.0110. The van der Waals surface area contributed by atoms with Gasteiger partial charge in [-0.2, -0.15) is 0 Å². The van der Waals surface area contributed by atoms with Gasteiger partial charge in [-0.3, -0.25) is 14.5 Å². The highest BCUT2D eigenvalue weighted by atomic mass is 16.5. The molecule has 0 radical (unpaired) electrons. The van der Waals surface area contributed by atoms with Crippen LogP contribution >= 0.6 is 0 Å². The molecule has 0 spiro atoms. The number of ketones is 1. The van der Waals surface area contributed by atoms with E-state index in [2.05, 4.69) is 18.2 Å². The van der Waals surface area contributed by atoms with Crippen molar-refractivity contribution in [2.45, 2.75) is 44.9 Å². The summed E-state index contributed by atoms with van der Waals surface area (Å²) in [6.07, 6.45) is 1.25. The second kappa shape index (κ2) is 9.65. The molecule has 0 aromatic heterocycles. The average molecular weight is 482 g/mol. The Labute approximate surface area is 212 Å². The van der Waals surface area contributed by atoms with Gasteiger partial charge < -0.3 is 9.47 Å². The number of methoxy groups -OCH3 is 2. The molecular formula is C31H31NO4. The number of hydrogen-bond donors (Lipinski definition) is 0. The Morgan fingerprint density at radius 3 is 2.19 bits per heavy atom. The fourth-order valence-corrected chi connectivity index (χ4v) is 5.75. The highest BCUT2D eigenvalue weighted by Gasteiger charge is 2.43. The van der Waals surface area contributed by atoms with Crippen molar-refractivity contribution >= 4 is 17.4 Å². The number of amides is 1. The molecule has 5 heteroatoms. The van der Waals surface area contributed by atoms with E-state index in [1.54, 1.807) is 19.1 Å². The number of nitrogens with zero attached hydrogens (tertiary/aromatic N) is 1. The fraction of sp³-hybridized carbons (Fsp3) is 0.290. The monoisotopic (exact) mass is 481 g/mol. The molecule has 0 N–H and O–H groups in total. The largest absolute Gasteiger partial charge is 0.497 e. The third kappa shape index (κ3) is 4.30. The number of Topliss-reactive ketones (excluding diaryl/α,β-unsaturated/α-hetero) is 1. The predicted molar refractivity (Wildman–Crippen MR) is 141 cm³/mol. The molecule has 0 bridgehead atoms. The van der Waals surface area contributed by atoms with Crippen molar-refractivity contribution < 1.29 is 19.1 Å². The van der Waals surface area contributed by atoms with E-state index in [9.17, 15) is 9.59 Å². The summed E-state index contributed by atoms with van der Waals surface area (Å²) in [5.41, 5.74) is 6.49. The van der Waals surface area contributed by atoms with Crippen molar-refractivity contribution in [3.63, 3.8) is 0 Å². The SMILES string of the molecule is COc1ccc(C2CC(=O)N(c3cc(C)cc(C)c3)C3=C2C(=O)CC(c2ccccc2)C3)c(OC)c1. The summed E-state index contributed by atoms with van der Waals surface area (Å²) in [6, 6.07) is 21.9. The van der Waals surface area contributed by atoms with Crippen molar-refractivity contribution in [3.05, 3.63) is 100 Å². The summed E-state index contributed by atoms with van der Waals surface area (Å²) in [4.78, 5) is 29.5. The maximum atomic E-state index is 13.9. The van der Waals surface area contributed by atoms with Crippen LogP contribution in [-0.4, -0.2) is 25.9 Å². The predicted octanol–water partition coefficient (Wildman–Crippen LogP) is 6.24. The lowest BCUT2D eigenvalue weighted by atomic mass is 9.72. The number of anilines is 1. The minimum atomic E-state index is -0.361. The van der Waals surface area contributed by atoms with Crippen LogP contribution in [0.2, 0.25) is 0 Å². The summed E-state index contributed by atoms with van der Waals surface area (Å²) >= 11 is 0. The zero-order valence-electron chi connectivity index (χ0n) is 21.2. The van der Waals surface area contributed by atoms with Crippen molar-refractivity contribution in [1.82, 2.24) is 0 Å². The molecule has 2 unspecified atom stereocenters. The molecule has 3 aromatic rings.